The van der Waals surface area contributed by atoms with Gasteiger partial charge < -0.3 is 10.1 Å². The van der Waals surface area contributed by atoms with Gasteiger partial charge in [-0.25, -0.2) is 4.39 Å². The predicted octanol–water partition coefficient (Wildman–Crippen LogP) is 4.87. The van der Waals surface area contributed by atoms with Gasteiger partial charge in [0.1, 0.15) is 5.82 Å². The molecule has 2 nitrogen and oxygen atoms in total. The summed E-state index contributed by atoms with van der Waals surface area (Å²) in [5.74, 6) is -0.250. The first-order valence-electron chi connectivity index (χ1n) is 7.95. The molecule has 1 aliphatic carbocycles. The van der Waals surface area contributed by atoms with Crippen LogP contribution in [-0.2, 0) is 4.74 Å². The monoisotopic (exact) mass is 313 g/mol. The van der Waals surface area contributed by atoms with Gasteiger partial charge in [0, 0.05) is 11.6 Å². The van der Waals surface area contributed by atoms with Crippen molar-refractivity contribution in [2.45, 2.75) is 57.6 Å². The molecule has 2 rings (SSSR count). The van der Waals surface area contributed by atoms with Crippen LogP contribution in [-0.4, -0.2) is 18.8 Å². The van der Waals surface area contributed by atoms with Crippen LogP contribution in [0.2, 0.25) is 5.02 Å². The summed E-state index contributed by atoms with van der Waals surface area (Å²) in [6.45, 7) is 5.54. The van der Waals surface area contributed by atoms with Gasteiger partial charge in [-0.15, -0.1) is 0 Å². The topological polar surface area (TPSA) is 21.3 Å². The second-order valence-corrected chi connectivity index (χ2v) is 6.12. The molecule has 1 atom stereocenters. The zero-order chi connectivity index (χ0) is 15.3. The van der Waals surface area contributed by atoms with E-state index < -0.39 is 0 Å². The fourth-order valence-electron chi connectivity index (χ4n) is 3.47. The average molecular weight is 314 g/mol. The Balaban J connectivity index is 2.41. The molecule has 0 radical (unpaired) electrons. The van der Waals surface area contributed by atoms with Gasteiger partial charge in [0.05, 0.1) is 11.6 Å². The SMILES string of the molecule is CCNC(c1cc(F)ccc1Cl)C1(OCC)CCCCC1. The van der Waals surface area contributed by atoms with Crippen molar-refractivity contribution in [1.82, 2.24) is 5.32 Å². The Bertz CT molecular complexity index is 455. The minimum Gasteiger partial charge on any atom is -0.373 e. The van der Waals surface area contributed by atoms with E-state index in [1.807, 2.05) is 6.92 Å². The van der Waals surface area contributed by atoms with Gasteiger partial charge in [-0.2, -0.15) is 0 Å². The fourth-order valence-corrected chi connectivity index (χ4v) is 3.70. The lowest BCUT2D eigenvalue weighted by Crippen LogP contribution is -2.47. The Hall–Kier alpha value is -0.640. The van der Waals surface area contributed by atoms with Crippen LogP contribution in [0.25, 0.3) is 0 Å². The van der Waals surface area contributed by atoms with E-state index in [4.69, 9.17) is 16.3 Å². The van der Waals surface area contributed by atoms with Crippen molar-refractivity contribution in [2.24, 2.45) is 0 Å². The Kier molecular flexibility index (Phi) is 6.03. The molecule has 0 spiro atoms. The first-order chi connectivity index (χ1) is 10.1. The summed E-state index contributed by atoms with van der Waals surface area (Å²) in [7, 11) is 0. The number of likely N-dealkylation sites (N-methyl/N-ethyl adjacent to an activating group) is 1. The molecule has 0 aromatic heterocycles. The summed E-state index contributed by atoms with van der Waals surface area (Å²) >= 11 is 6.35. The molecule has 1 aromatic carbocycles. The lowest BCUT2D eigenvalue weighted by molar-refractivity contribution is -0.0910. The van der Waals surface area contributed by atoms with Crippen molar-refractivity contribution in [3.05, 3.63) is 34.6 Å². The Morgan fingerprint density at radius 2 is 2.00 bits per heavy atom. The van der Waals surface area contributed by atoms with E-state index in [0.717, 1.165) is 37.8 Å². The van der Waals surface area contributed by atoms with Crippen molar-refractivity contribution < 1.29 is 9.13 Å². The lowest BCUT2D eigenvalue weighted by Gasteiger charge is -2.44. The van der Waals surface area contributed by atoms with Crippen molar-refractivity contribution in [2.75, 3.05) is 13.2 Å². The number of ether oxygens (including phenoxy) is 1. The standard InChI is InChI=1S/C17H25ClFNO/c1-3-20-16(14-12-13(19)8-9-15(14)18)17(21-4-2)10-6-5-7-11-17/h8-9,12,16,20H,3-7,10-11H2,1-2H3. The summed E-state index contributed by atoms with van der Waals surface area (Å²) < 4.78 is 19.9. The highest BCUT2D eigenvalue weighted by molar-refractivity contribution is 6.31. The third-order valence-corrected chi connectivity index (χ3v) is 4.68. The van der Waals surface area contributed by atoms with E-state index in [-0.39, 0.29) is 17.5 Å². The van der Waals surface area contributed by atoms with E-state index >= 15 is 0 Å². The molecule has 0 aliphatic heterocycles. The van der Waals surface area contributed by atoms with Gasteiger partial charge >= 0.3 is 0 Å². The lowest BCUT2D eigenvalue weighted by atomic mass is 9.76. The molecule has 0 bridgehead atoms. The number of hydrogen-bond acceptors (Lipinski definition) is 2. The molecule has 1 saturated carbocycles. The molecular formula is C17H25ClFNO. The number of nitrogens with one attached hydrogen (secondary N) is 1. The third-order valence-electron chi connectivity index (χ3n) is 4.34. The Morgan fingerprint density at radius 3 is 2.62 bits per heavy atom. The van der Waals surface area contributed by atoms with Crippen LogP contribution in [0.3, 0.4) is 0 Å². The maximum atomic E-state index is 13.7. The van der Waals surface area contributed by atoms with Gasteiger partial charge in [0.15, 0.2) is 0 Å². The molecule has 1 N–H and O–H groups in total. The summed E-state index contributed by atoms with van der Waals surface area (Å²) in [4.78, 5) is 0. The largest absolute Gasteiger partial charge is 0.373 e. The van der Waals surface area contributed by atoms with Crippen LogP contribution in [0.1, 0.15) is 57.6 Å². The van der Waals surface area contributed by atoms with Gasteiger partial charge in [0.2, 0.25) is 0 Å². The van der Waals surface area contributed by atoms with Crippen LogP contribution in [0.4, 0.5) is 4.39 Å². The maximum absolute atomic E-state index is 13.7. The highest BCUT2D eigenvalue weighted by Crippen LogP contribution is 2.43. The van der Waals surface area contributed by atoms with Crippen LogP contribution < -0.4 is 5.32 Å². The Morgan fingerprint density at radius 1 is 1.29 bits per heavy atom. The summed E-state index contributed by atoms with van der Waals surface area (Å²) in [5.41, 5.74) is 0.536. The number of halogens is 2. The van der Waals surface area contributed by atoms with Gasteiger partial charge in [-0.1, -0.05) is 37.8 Å². The fraction of sp³-hybridized carbons (Fsp3) is 0.647. The first kappa shape index (κ1) is 16.7. The van der Waals surface area contributed by atoms with E-state index in [1.54, 1.807) is 12.1 Å². The zero-order valence-corrected chi connectivity index (χ0v) is 13.7. The summed E-state index contributed by atoms with van der Waals surface area (Å²) in [6, 6.07) is 4.53. The molecule has 118 valence electrons. The molecule has 1 aromatic rings. The third kappa shape index (κ3) is 3.77. The predicted molar refractivity (Wildman–Crippen MR) is 85.3 cm³/mol. The van der Waals surface area contributed by atoms with Gasteiger partial charge in [-0.05, 0) is 50.1 Å². The smallest absolute Gasteiger partial charge is 0.123 e. The van der Waals surface area contributed by atoms with E-state index in [9.17, 15) is 4.39 Å². The molecule has 0 saturated heterocycles. The van der Waals surface area contributed by atoms with Crippen molar-refractivity contribution in [3.63, 3.8) is 0 Å². The highest BCUT2D eigenvalue weighted by atomic mass is 35.5. The molecule has 21 heavy (non-hydrogen) atoms. The molecule has 0 amide bonds. The van der Waals surface area contributed by atoms with E-state index in [0.29, 0.717) is 11.6 Å². The number of hydrogen-bond donors (Lipinski definition) is 1. The zero-order valence-electron chi connectivity index (χ0n) is 12.9. The molecule has 0 heterocycles. The van der Waals surface area contributed by atoms with Crippen molar-refractivity contribution in [3.8, 4) is 0 Å². The van der Waals surface area contributed by atoms with Crippen LogP contribution in [0, 0.1) is 5.82 Å². The van der Waals surface area contributed by atoms with E-state index in [2.05, 4.69) is 12.2 Å². The Labute approximate surface area is 132 Å². The number of benzene rings is 1. The maximum Gasteiger partial charge on any atom is 0.123 e. The van der Waals surface area contributed by atoms with Crippen LogP contribution in [0.5, 0.6) is 0 Å². The summed E-state index contributed by atoms with van der Waals surface area (Å²) in [5, 5.41) is 4.09. The molecule has 1 fully saturated rings. The minimum absolute atomic E-state index is 0.0639. The molecule has 1 aliphatic rings. The second kappa shape index (κ2) is 7.57. The highest BCUT2D eigenvalue weighted by Gasteiger charge is 2.42. The molecule has 4 heteroatoms. The van der Waals surface area contributed by atoms with Gasteiger partial charge in [0.25, 0.3) is 0 Å². The van der Waals surface area contributed by atoms with Crippen molar-refractivity contribution in [1.29, 1.82) is 0 Å². The summed E-state index contributed by atoms with van der Waals surface area (Å²) in [6.07, 6.45) is 5.52. The molecular weight excluding hydrogens is 289 g/mol. The van der Waals surface area contributed by atoms with Crippen molar-refractivity contribution >= 4 is 11.6 Å². The normalized spacial score (nSPS) is 19.4. The quantitative estimate of drug-likeness (QED) is 0.809. The second-order valence-electron chi connectivity index (χ2n) is 5.71. The minimum atomic E-state index is -0.277. The van der Waals surface area contributed by atoms with Crippen LogP contribution in [0.15, 0.2) is 18.2 Å². The van der Waals surface area contributed by atoms with E-state index in [1.165, 1.54) is 12.5 Å². The van der Waals surface area contributed by atoms with Crippen LogP contribution >= 0.6 is 11.6 Å². The van der Waals surface area contributed by atoms with Gasteiger partial charge in [-0.3, -0.25) is 0 Å². The molecule has 1 unspecified atom stereocenters. The average Bonchev–Trinajstić information content (AvgIpc) is 2.49. The number of rotatable bonds is 6. The first-order valence-corrected chi connectivity index (χ1v) is 8.33.